The number of nitrogens with zero attached hydrogens (tertiary/aromatic N) is 4. The Morgan fingerprint density at radius 3 is 2.88 bits per heavy atom. The summed E-state index contributed by atoms with van der Waals surface area (Å²) in [6.45, 7) is 1.91. The number of pyridine rings is 2. The molecular weight excluding hydrogens is 332 g/mol. The maximum atomic E-state index is 12.6. The van der Waals surface area contributed by atoms with E-state index in [1.807, 2.05) is 37.2 Å². The van der Waals surface area contributed by atoms with Crippen molar-refractivity contribution in [2.75, 3.05) is 38.7 Å². The molecule has 26 heavy (non-hydrogen) atoms. The second kappa shape index (κ2) is 8.14. The standard InChI is InChI=1S/C19H24N4O3/c1-21(2)17-7-5-6-15(20-17)16-14-23(12-13-26-16)19(25)9-11-22-10-4-3-8-18(22)24/h3-8,10,16H,9,11-14H2,1-2H3. The van der Waals surface area contributed by atoms with Gasteiger partial charge in [0.05, 0.1) is 18.8 Å². The fraction of sp³-hybridized carbons (Fsp3) is 0.421. The predicted octanol–water partition coefficient (Wildman–Crippen LogP) is 1.30. The number of hydrogen-bond donors (Lipinski definition) is 0. The monoisotopic (exact) mass is 356 g/mol. The summed E-state index contributed by atoms with van der Waals surface area (Å²) in [6.07, 6.45) is 1.77. The van der Waals surface area contributed by atoms with Crippen molar-refractivity contribution in [2.24, 2.45) is 0 Å². The molecule has 0 N–H and O–H groups in total. The minimum Gasteiger partial charge on any atom is -0.368 e. The second-order valence-electron chi connectivity index (χ2n) is 6.50. The van der Waals surface area contributed by atoms with E-state index in [-0.39, 0.29) is 17.6 Å². The average molecular weight is 356 g/mol. The van der Waals surface area contributed by atoms with Crippen LogP contribution in [0, 0.1) is 0 Å². The molecule has 3 rings (SSSR count). The first-order chi connectivity index (χ1) is 12.5. The first-order valence-corrected chi connectivity index (χ1v) is 8.74. The number of amides is 1. The highest BCUT2D eigenvalue weighted by atomic mass is 16.5. The van der Waals surface area contributed by atoms with Crippen LogP contribution >= 0.6 is 0 Å². The van der Waals surface area contributed by atoms with Gasteiger partial charge in [-0.1, -0.05) is 12.1 Å². The first-order valence-electron chi connectivity index (χ1n) is 8.74. The molecule has 1 fully saturated rings. The molecule has 1 unspecified atom stereocenters. The van der Waals surface area contributed by atoms with Crippen molar-refractivity contribution in [1.29, 1.82) is 0 Å². The van der Waals surface area contributed by atoms with E-state index in [1.54, 1.807) is 27.8 Å². The van der Waals surface area contributed by atoms with Crippen molar-refractivity contribution in [2.45, 2.75) is 19.1 Å². The molecule has 0 aromatic carbocycles. The molecule has 0 aliphatic carbocycles. The smallest absolute Gasteiger partial charge is 0.250 e. The number of aromatic nitrogens is 2. The quantitative estimate of drug-likeness (QED) is 0.808. The van der Waals surface area contributed by atoms with E-state index < -0.39 is 0 Å². The third-order valence-electron chi connectivity index (χ3n) is 4.43. The number of ether oxygens (including phenoxy) is 1. The molecule has 2 aromatic heterocycles. The van der Waals surface area contributed by atoms with Crippen molar-refractivity contribution < 1.29 is 9.53 Å². The van der Waals surface area contributed by atoms with Gasteiger partial charge < -0.3 is 19.1 Å². The summed E-state index contributed by atoms with van der Waals surface area (Å²) in [5.41, 5.74) is 0.734. The summed E-state index contributed by atoms with van der Waals surface area (Å²) < 4.78 is 7.38. The van der Waals surface area contributed by atoms with Crippen molar-refractivity contribution in [3.8, 4) is 0 Å². The molecule has 0 bridgehead atoms. The number of aryl methyl sites for hydroxylation is 1. The van der Waals surface area contributed by atoms with Gasteiger partial charge >= 0.3 is 0 Å². The van der Waals surface area contributed by atoms with E-state index in [9.17, 15) is 9.59 Å². The molecule has 2 aromatic rings. The van der Waals surface area contributed by atoms with Crippen LogP contribution in [0.4, 0.5) is 5.82 Å². The van der Waals surface area contributed by atoms with Gasteiger partial charge in [-0.2, -0.15) is 0 Å². The van der Waals surface area contributed by atoms with E-state index in [0.717, 1.165) is 11.5 Å². The molecule has 1 saturated heterocycles. The maximum absolute atomic E-state index is 12.6. The van der Waals surface area contributed by atoms with Crippen LogP contribution in [0.1, 0.15) is 18.2 Å². The average Bonchev–Trinajstić information content (AvgIpc) is 2.67. The summed E-state index contributed by atoms with van der Waals surface area (Å²) >= 11 is 0. The Morgan fingerprint density at radius 2 is 2.12 bits per heavy atom. The van der Waals surface area contributed by atoms with Gasteiger partial charge in [-0.3, -0.25) is 9.59 Å². The molecule has 0 saturated carbocycles. The first kappa shape index (κ1) is 18.1. The molecular formula is C19H24N4O3. The summed E-state index contributed by atoms with van der Waals surface area (Å²) in [5.74, 6) is 0.885. The van der Waals surface area contributed by atoms with Crippen molar-refractivity contribution in [3.05, 3.63) is 58.6 Å². The number of anilines is 1. The molecule has 0 spiro atoms. The highest BCUT2D eigenvalue weighted by molar-refractivity contribution is 5.76. The minimum atomic E-state index is -0.230. The van der Waals surface area contributed by atoms with Crippen LogP contribution in [0.2, 0.25) is 0 Å². The fourth-order valence-electron chi connectivity index (χ4n) is 2.94. The highest BCUT2D eigenvalue weighted by Gasteiger charge is 2.26. The van der Waals surface area contributed by atoms with Crippen LogP contribution in [0.25, 0.3) is 0 Å². The minimum absolute atomic E-state index is 0.0258. The van der Waals surface area contributed by atoms with E-state index in [4.69, 9.17) is 4.74 Å². The van der Waals surface area contributed by atoms with Gasteiger partial charge in [-0.15, -0.1) is 0 Å². The van der Waals surface area contributed by atoms with Crippen LogP contribution in [-0.4, -0.2) is 54.1 Å². The van der Waals surface area contributed by atoms with E-state index >= 15 is 0 Å². The lowest BCUT2D eigenvalue weighted by Gasteiger charge is -2.33. The van der Waals surface area contributed by atoms with Crippen LogP contribution in [0.15, 0.2) is 47.4 Å². The van der Waals surface area contributed by atoms with Gasteiger partial charge in [0.1, 0.15) is 11.9 Å². The zero-order valence-electron chi connectivity index (χ0n) is 15.2. The molecule has 1 aliphatic heterocycles. The van der Waals surface area contributed by atoms with Gasteiger partial charge in [0.15, 0.2) is 0 Å². The molecule has 138 valence electrons. The molecule has 1 amide bonds. The molecule has 1 aliphatic rings. The second-order valence-corrected chi connectivity index (χ2v) is 6.50. The highest BCUT2D eigenvalue weighted by Crippen LogP contribution is 2.22. The number of hydrogen-bond acceptors (Lipinski definition) is 5. The molecule has 1 atom stereocenters. The predicted molar refractivity (Wildman–Crippen MR) is 99.2 cm³/mol. The Bertz CT molecular complexity index is 818. The lowest BCUT2D eigenvalue weighted by Crippen LogP contribution is -2.43. The third kappa shape index (κ3) is 4.29. The Labute approximate surface area is 152 Å². The zero-order valence-corrected chi connectivity index (χ0v) is 15.2. The van der Waals surface area contributed by atoms with Gasteiger partial charge in [-0.25, -0.2) is 4.98 Å². The Morgan fingerprint density at radius 1 is 1.27 bits per heavy atom. The fourth-order valence-corrected chi connectivity index (χ4v) is 2.94. The Balaban J connectivity index is 1.63. The van der Waals surface area contributed by atoms with Gasteiger partial charge in [0.25, 0.3) is 5.56 Å². The van der Waals surface area contributed by atoms with Crippen molar-refractivity contribution in [1.82, 2.24) is 14.5 Å². The van der Waals surface area contributed by atoms with Gasteiger partial charge in [0, 0.05) is 45.9 Å². The SMILES string of the molecule is CN(C)c1cccc(C2CN(C(=O)CCn3ccccc3=O)CCO2)n1. The molecule has 0 radical (unpaired) electrons. The molecule has 7 heteroatoms. The van der Waals surface area contributed by atoms with Crippen LogP contribution in [-0.2, 0) is 16.1 Å². The lowest BCUT2D eigenvalue weighted by molar-refractivity contribution is -0.139. The number of rotatable bonds is 5. The number of carbonyl (C=O) groups is 1. The zero-order chi connectivity index (χ0) is 18.5. The normalized spacial score (nSPS) is 17.2. The topological polar surface area (TPSA) is 67.7 Å². The Hall–Kier alpha value is -2.67. The lowest BCUT2D eigenvalue weighted by atomic mass is 10.1. The van der Waals surface area contributed by atoms with Crippen molar-refractivity contribution in [3.63, 3.8) is 0 Å². The summed E-state index contributed by atoms with van der Waals surface area (Å²) in [4.78, 5) is 32.6. The van der Waals surface area contributed by atoms with Crippen LogP contribution in [0.5, 0.6) is 0 Å². The third-order valence-corrected chi connectivity index (χ3v) is 4.43. The summed E-state index contributed by atoms with van der Waals surface area (Å²) in [6, 6.07) is 10.8. The maximum Gasteiger partial charge on any atom is 0.250 e. The Kier molecular flexibility index (Phi) is 5.68. The molecule has 3 heterocycles. The largest absolute Gasteiger partial charge is 0.368 e. The van der Waals surface area contributed by atoms with E-state index in [1.165, 1.54) is 6.07 Å². The number of morpholine rings is 1. The van der Waals surface area contributed by atoms with Gasteiger partial charge in [-0.05, 0) is 18.2 Å². The molecule has 7 nitrogen and oxygen atoms in total. The summed E-state index contributed by atoms with van der Waals surface area (Å²) in [5, 5.41) is 0. The summed E-state index contributed by atoms with van der Waals surface area (Å²) in [7, 11) is 3.88. The number of carbonyl (C=O) groups excluding carboxylic acids is 1. The van der Waals surface area contributed by atoms with Crippen LogP contribution in [0.3, 0.4) is 0 Å². The van der Waals surface area contributed by atoms with Crippen molar-refractivity contribution >= 4 is 11.7 Å². The van der Waals surface area contributed by atoms with E-state index in [2.05, 4.69) is 4.98 Å². The van der Waals surface area contributed by atoms with E-state index in [0.29, 0.717) is 32.7 Å². The van der Waals surface area contributed by atoms with Gasteiger partial charge in [0.2, 0.25) is 5.91 Å². The van der Waals surface area contributed by atoms with Crippen LogP contribution < -0.4 is 10.5 Å².